The van der Waals surface area contributed by atoms with Crippen LogP contribution in [0.1, 0.15) is 85.0 Å². The van der Waals surface area contributed by atoms with Gasteiger partial charge in [0.15, 0.2) is 5.78 Å². The first-order valence-electron chi connectivity index (χ1n) is 8.19. The lowest BCUT2D eigenvalue weighted by Gasteiger charge is -2.06. The van der Waals surface area contributed by atoms with Gasteiger partial charge in [0.25, 0.3) is 0 Å². The van der Waals surface area contributed by atoms with E-state index in [2.05, 4.69) is 26.8 Å². The SMILES string of the molecule is CCCCCC/C=C1\CC(=O)C(CCC)=C1CCC. The van der Waals surface area contributed by atoms with Gasteiger partial charge in [-0.3, -0.25) is 4.79 Å². The first-order valence-corrected chi connectivity index (χ1v) is 8.19. The second-order valence-electron chi connectivity index (χ2n) is 5.64. The summed E-state index contributed by atoms with van der Waals surface area (Å²) in [5.41, 5.74) is 3.89. The Morgan fingerprint density at radius 1 is 0.895 bits per heavy atom. The summed E-state index contributed by atoms with van der Waals surface area (Å²) in [4.78, 5) is 12.1. The fourth-order valence-electron chi connectivity index (χ4n) is 2.89. The summed E-state index contributed by atoms with van der Waals surface area (Å²) in [6, 6.07) is 0. The van der Waals surface area contributed by atoms with E-state index in [0.717, 1.165) is 37.7 Å². The molecule has 0 fully saturated rings. The van der Waals surface area contributed by atoms with Crippen LogP contribution in [0, 0.1) is 0 Å². The van der Waals surface area contributed by atoms with E-state index in [9.17, 15) is 4.79 Å². The monoisotopic (exact) mass is 262 g/mol. The van der Waals surface area contributed by atoms with Crippen molar-refractivity contribution in [3.8, 4) is 0 Å². The summed E-state index contributed by atoms with van der Waals surface area (Å²) >= 11 is 0. The van der Waals surface area contributed by atoms with Gasteiger partial charge in [-0.25, -0.2) is 0 Å². The molecule has 0 heterocycles. The van der Waals surface area contributed by atoms with Gasteiger partial charge in [-0.1, -0.05) is 59.0 Å². The largest absolute Gasteiger partial charge is 0.294 e. The van der Waals surface area contributed by atoms with Crippen LogP contribution in [0.5, 0.6) is 0 Å². The van der Waals surface area contributed by atoms with Crippen molar-refractivity contribution in [3.05, 3.63) is 22.8 Å². The van der Waals surface area contributed by atoms with Gasteiger partial charge < -0.3 is 0 Å². The molecule has 0 atom stereocenters. The standard InChI is InChI=1S/C18H30O/c1-4-7-8-9-10-13-15-14-18(19)17(12-6-3)16(15)11-5-2/h13H,4-12,14H2,1-3H3/b15-13+. The van der Waals surface area contributed by atoms with Crippen LogP contribution < -0.4 is 0 Å². The van der Waals surface area contributed by atoms with Crippen LogP contribution in [0.15, 0.2) is 22.8 Å². The zero-order valence-electron chi connectivity index (χ0n) is 13.1. The molecule has 0 unspecified atom stereocenters. The Morgan fingerprint density at radius 3 is 2.21 bits per heavy atom. The fourth-order valence-corrected chi connectivity index (χ4v) is 2.89. The molecule has 0 aromatic heterocycles. The predicted octanol–water partition coefficient (Wildman–Crippen LogP) is 5.75. The second kappa shape index (κ2) is 9.12. The minimum Gasteiger partial charge on any atom is -0.294 e. The molecule has 0 saturated heterocycles. The summed E-state index contributed by atoms with van der Waals surface area (Å²) in [5, 5.41) is 0. The molecule has 0 aliphatic heterocycles. The normalized spacial score (nSPS) is 17.8. The van der Waals surface area contributed by atoms with Gasteiger partial charge in [0.05, 0.1) is 0 Å². The van der Waals surface area contributed by atoms with Crippen LogP contribution in [0.2, 0.25) is 0 Å². The Hall–Kier alpha value is -0.850. The fraction of sp³-hybridized carbons (Fsp3) is 0.722. The van der Waals surface area contributed by atoms with Crippen molar-refractivity contribution in [1.82, 2.24) is 0 Å². The topological polar surface area (TPSA) is 17.1 Å². The molecule has 108 valence electrons. The number of Topliss-reactive ketones (excluding diaryl/α,β-unsaturated/α-hetero) is 1. The highest BCUT2D eigenvalue weighted by Crippen LogP contribution is 2.34. The van der Waals surface area contributed by atoms with Crippen molar-refractivity contribution in [2.45, 2.75) is 85.0 Å². The molecule has 0 bridgehead atoms. The van der Waals surface area contributed by atoms with E-state index in [4.69, 9.17) is 0 Å². The zero-order valence-corrected chi connectivity index (χ0v) is 13.1. The Bertz CT molecular complexity index is 347. The van der Waals surface area contributed by atoms with Gasteiger partial charge in [-0.2, -0.15) is 0 Å². The molecule has 0 saturated carbocycles. The Labute approximate surface area is 119 Å². The lowest BCUT2D eigenvalue weighted by Crippen LogP contribution is -1.95. The van der Waals surface area contributed by atoms with Crippen molar-refractivity contribution < 1.29 is 4.79 Å². The Balaban J connectivity index is 2.66. The van der Waals surface area contributed by atoms with Crippen LogP contribution in [-0.4, -0.2) is 5.78 Å². The molecule has 0 spiro atoms. The highest BCUT2D eigenvalue weighted by Gasteiger charge is 2.25. The Kier molecular flexibility index (Phi) is 7.78. The van der Waals surface area contributed by atoms with E-state index < -0.39 is 0 Å². The highest BCUT2D eigenvalue weighted by atomic mass is 16.1. The van der Waals surface area contributed by atoms with Crippen LogP contribution in [0.4, 0.5) is 0 Å². The molecule has 0 aromatic rings. The lowest BCUT2D eigenvalue weighted by atomic mass is 9.99. The quantitative estimate of drug-likeness (QED) is 0.483. The number of allylic oxidation sites excluding steroid dienone is 4. The molecule has 19 heavy (non-hydrogen) atoms. The summed E-state index contributed by atoms with van der Waals surface area (Å²) in [5.74, 6) is 0.394. The molecule has 1 aliphatic rings. The molecular weight excluding hydrogens is 232 g/mol. The molecular formula is C18H30O. The first kappa shape index (κ1) is 16.2. The average Bonchev–Trinajstić information content (AvgIpc) is 2.68. The zero-order chi connectivity index (χ0) is 14.1. The number of rotatable bonds is 9. The van der Waals surface area contributed by atoms with Gasteiger partial charge in [0, 0.05) is 6.42 Å². The number of carbonyl (C=O) groups excluding carboxylic acids is 1. The maximum atomic E-state index is 12.1. The van der Waals surface area contributed by atoms with E-state index in [1.165, 1.54) is 36.8 Å². The number of hydrogen-bond acceptors (Lipinski definition) is 1. The van der Waals surface area contributed by atoms with Crippen molar-refractivity contribution in [2.24, 2.45) is 0 Å². The van der Waals surface area contributed by atoms with Crippen LogP contribution in [-0.2, 0) is 4.79 Å². The molecule has 1 heteroatoms. The van der Waals surface area contributed by atoms with Gasteiger partial charge in [0.1, 0.15) is 0 Å². The van der Waals surface area contributed by atoms with Crippen LogP contribution in [0.25, 0.3) is 0 Å². The number of ketones is 1. The smallest absolute Gasteiger partial charge is 0.163 e. The molecule has 0 amide bonds. The summed E-state index contributed by atoms with van der Waals surface area (Å²) in [6.45, 7) is 6.61. The highest BCUT2D eigenvalue weighted by molar-refractivity contribution is 6.02. The van der Waals surface area contributed by atoms with Crippen LogP contribution in [0.3, 0.4) is 0 Å². The maximum Gasteiger partial charge on any atom is 0.163 e. The van der Waals surface area contributed by atoms with Gasteiger partial charge in [0.2, 0.25) is 0 Å². The number of unbranched alkanes of at least 4 members (excludes halogenated alkanes) is 4. The van der Waals surface area contributed by atoms with Crippen molar-refractivity contribution in [1.29, 1.82) is 0 Å². The van der Waals surface area contributed by atoms with E-state index in [-0.39, 0.29) is 0 Å². The van der Waals surface area contributed by atoms with E-state index >= 15 is 0 Å². The summed E-state index contributed by atoms with van der Waals surface area (Å²) < 4.78 is 0. The molecule has 1 nitrogen and oxygen atoms in total. The van der Waals surface area contributed by atoms with Crippen LogP contribution >= 0.6 is 0 Å². The molecule has 0 radical (unpaired) electrons. The summed E-state index contributed by atoms with van der Waals surface area (Å²) in [6.07, 6.45) is 13.7. The third-order valence-corrected chi connectivity index (χ3v) is 3.89. The molecule has 1 rings (SSSR count). The first-order chi connectivity index (χ1) is 9.24. The van der Waals surface area contributed by atoms with Gasteiger partial charge in [-0.15, -0.1) is 0 Å². The van der Waals surface area contributed by atoms with Gasteiger partial charge in [-0.05, 0) is 42.4 Å². The number of carbonyl (C=O) groups is 1. The average molecular weight is 262 g/mol. The van der Waals surface area contributed by atoms with Crippen molar-refractivity contribution in [2.75, 3.05) is 0 Å². The molecule has 1 aliphatic carbocycles. The lowest BCUT2D eigenvalue weighted by molar-refractivity contribution is -0.114. The minimum atomic E-state index is 0.394. The second-order valence-corrected chi connectivity index (χ2v) is 5.64. The predicted molar refractivity (Wildman–Crippen MR) is 83.3 cm³/mol. The minimum absolute atomic E-state index is 0.394. The van der Waals surface area contributed by atoms with E-state index in [1.807, 2.05) is 0 Å². The Morgan fingerprint density at radius 2 is 1.58 bits per heavy atom. The molecule has 0 aromatic carbocycles. The van der Waals surface area contributed by atoms with E-state index in [1.54, 1.807) is 0 Å². The van der Waals surface area contributed by atoms with E-state index in [0.29, 0.717) is 12.2 Å². The third kappa shape index (κ3) is 4.97. The van der Waals surface area contributed by atoms with Crippen molar-refractivity contribution in [3.63, 3.8) is 0 Å². The number of hydrogen-bond donors (Lipinski definition) is 0. The third-order valence-electron chi connectivity index (χ3n) is 3.89. The maximum absolute atomic E-state index is 12.1. The molecule has 0 N–H and O–H groups in total. The van der Waals surface area contributed by atoms with Gasteiger partial charge >= 0.3 is 0 Å². The summed E-state index contributed by atoms with van der Waals surface area (Å²) in [7, 11) is 0. The van der Waals surface area contributed by atoms with Crippen molar-refractivity contribution >= 4 is 5.78 Å².